The summed E-state index contributed by atoms with van der Waals surface area (Å²) in [6.45, 7) is 3.84. The van der Waals surface area contributed by atoms with Crippen LogP contribution in [0.2, 0.25) is 0 Å². The Morgan fingerprint density at radius 1 is 1.18 bits per heavy atom. The molecule has 0 amide bonds. The number of nitrogens with one attached hydrogen (secondary N) is 1. The SMILES string of the molecule is c1nc(C2CCCNC2)oc1C1CCOCC1. The van der Waals surface area contributed by atoms with Gasteiger partial charge in [-0.05, 0) is 32.2 Å². The molecule has 1 aromatic rings. The molecular formula is C13H20N2O2. The standard InChI is InChI=1S/C13H20N2O2/c1-2-11(8-14-5-1)13-15-9-12(17-13)10-3-6-16-7-4-10/h9-11,14H,1-8H2. The lowest BCUT2D eigenvalue weighted by Gasteiger charge is -2.21. The van der Waals surface area contributed by atoms with E-state index in [1.807, 2.05) is 6.20 Å². The summed E-state index contributed by atoms with van der Waals surface area (Å²) in [7, 11) is 0. The summed E-state index contributed by atoms with van der Waals surface area (Å²) in [6.07, 6.45) is 6.48. The number of nitrogens with zero attached hydrogens (tertiary/aromatic N) is 1. The second kappa shape index (κ2) is 5.19. The third-order valence-electron chi connectivity index (χ3n) is 3.81. The van der Waals surface area contributed by atoms with Crippen LogP contribution in [0.1, 0.15) is 49.2 Å². The highest BCUT2D eigenvalue weighted by atomic mass is 16.5. The van der Waals surface area contributed by atoms with E-state index in [0.29, 0.717) is 11.8 Å². The average Bonchev–Trinajstić information content (AvgIpc) is 2.90. The summed E-state index contributed by atoms with van der Waals surface area (Å²) in [4.78, 5) is 4.47. The topological polar surface area (TPSA) is 47.3 Å². The Morgan fingerprint density at radius 3 is 2.82 bits per heavy atom. The van der Waals surface area contributed by atoms with Gasteiger partial charge in [-0.1, -0.05) is 0 Å². The van der Waals surface area contributed by atoms with Gasteiger partial charge in [-0.15, -0.1) is 0 Å². The van der Waals surface area contributed by atoms with E-state index in [4.69, 9.17) is 9.15 Å². The third-order valence-corrected chi connectivity index (χ3v) is 3.81. The molecule has 3 rings (SSSR count). The predicted octanol–water partition coefficient (Wildman–Crippen LogP) is 2.04. The van der Waals surface area contributed by atoms with Crippen LogP contribution >= 0.6 is 0 Å². The maximum atomic E-state index is 5.96. The van der Waals surface area contributed by atoms with Crippen molar-refractivity contribution in [2.75, 3.05) is 26.3 Å². The molecule has 0 bridgehead atoms. The Labute approximate surface area is 102 Å². The van der Waals surface area contributed by atoms with Crippen LogP contribution in [0.5, 0.6) is 0 Å². The molecule has 0 spiro atoms. The largest absolute Gasteiger partial charge is 0.445 e. The van der Waals surface area contributed by atoms with E-state index >= 15 is 0 Å². The molecule has 2 aliphatic rings. The summed E-state index contributed by atoms with van der Waals surface area (Å²) in [5.41, 5.74) is 0. The van der Waals surface area contributed by atoms with Gasteiger partial charge in [-0.25, -0.2) is 4.98 Å². The third kappa shape index (κ3) is 2.53. The predicted molar refractivity (Wildman–Crippen MR) is 64.1 cm³/mol. The van der Waals surface area contributed by atoms with E-state index in [2.05, 4.69) is 10.3 Å². The minimum absolute atomic E-state index is 0.470. The molecule has 94 valence electrons. The van der Waals surface area contributed by atoms with Crippen LogP contribution in [0, 0.1) is 0 Å². The van der Waals surface area contributed by atoms with E-state index in [-0.39, 0.29) is 0 Å². The Hall–Kier alpha value is -0.870. The van der Waals surface area contributed by atoms with E-state index in [1.54, 1.807) is 0 Å². The smallest absolute Gasteiger partial charge is 0.198 e. The first-order valence-electron chi connectivity index (χ1n) is 6.67. The molecule has 2 fully saturated rings. The second-order valence-corrected chi connectivity index (χ2v) is 5.03. The number of rotatable bonds is 2. The zero-order valence-corrected chi connectivity index (χ0v) is 10.2. The van der Waals surface area contributed by atoms with Gasteiger partial charge >= 0.3 is 0 Å². The van der Waals surface area contributed by atoms with E-state index < -0.39 is 0 Å². The monoisotopic (exact) mass is 236 g/mol. The normalized spacial score (nSPS) is 27.2. The molecule has 1 N–H and O–H groups in total. The maximum absolute atomic E-state index is 5.96. The Morgan fingerprint density at radius 2 is 2.06 bits per heavy atom. The van der Waals surface area contributed by atoms with Gasteiger partial charge in [-0.2, -0.15) is 0 Å². The highest BCUT2D eigenvalue weighted by Crippen LogP contribution is 2.30. The number of piperidine rings is 1. The van der Waals surface area contributed by atoms with Gasteiger partial charge in [0.25, 0.3) is 0 Å². The van der Waals surface area contributed by atoms with Crippen LogP contribution in [0.3, 0.4) is 0 Å². The molecule has 0 radical (unpaired) electrons. The number of hydrogen-bond acceptors (Lipinski definition) is 4. The van der Waals surface area contributed by atoms with Gasteiger partial charge in [0.05, 0.1) is 6.20 Å². The zero-order chi connectivity index (χ0) is 11.5. The fraction of sp³-hybridized carbons (Fsp3) is 0.769. The van der Waals surface area contributed by atoms with Crippen molar-refractivity contribution in [2.24, 2.45) is 0 Å². The van der Waals surface area contributed by atoms with Gasteiger partial charge in [0.15, 0.2) is 5.89 Å². The van der Waals surface area contributed by atoms with E-state index in [9.17, 15) is 0 Å². The van der Waals surface area contributed by atoms with Gasteiger partial charge in [0, 0.05) is 31.6 Å². The molecule has 1 unspecified atom stereocenters. The molecule has 1 atom stereocenters. The van der Waals surface area contributed by atoms with Crippen LogP contribution in [-0.4, -0.2) is 31.3 Å². The average molecular weight is 236 g/mol. The Bertz CT molecular complexity index is 320. The van der Waals surface area contributed by atoms with Crippen molar-refractivity contribution in [3.63, 3.8) is 0 Å². The molecule has 2 saturated heterocycles. The number of oxazole rings is 1. The Balaban J connectivity index is 1.68. The first-order valence-corrected chi connectivity index (χ1v) is 6.67. The molecule has 2 aliphatic heterocycles. The van der Waals surface area contributed by atoms with Crippen LogP contribution in [0.25, 0.3) is 0 Å². The fourth-order valence-corrected chi connectivity index (χ4v) is 2.72. The minimum atomic E-state index is 0.470. The summed E-state index contributed by atoms with van der Waals surface area (Å²) in [5, 5.41) is 3.40. The molecule has 4 nitrogen and oxygen atoms in total. The maximum Gasteiger partial charge on any atom is 0.198 e. The van der Waals surface area contributed by atoms with Crippen molar-refractivity contribution < 1.29 is 9.15 Å². The second-order valence-electron chi connectivity index (χ2n) is 5.03. The minimum Gasteiger partial charge on any atom is -0.445 e. The fourth-order valence-electron chi connectivity index (χ4n) is 2.72. The van der Waals surface area contributed by atoms with Crippen molar-refractivity contribution in [3.8, 4) is 0 Å². The van der Waals surface area contributed by atoms with Crippen LogP contribution < -0.4 is 5.32 Å². The number of hydrogen-bond donors (Lipinski definition) is 1. The summed E-state index contributed by atoms with van der Waals surface area (Å²) in [6, 6.07) is 0. The van der Waals surface area contributed by atoms with Crippen LogP contribution in [0.4, 0.5) is 0 Å². The summed E-state index contributed by atoms with van der Waals surface area (Å²) >= 11 is 0. The van der Waals surface area contributed by atoms with Gasteiger partial charge in [-0.3, -0.25) is 0 Å². The molecule has 0 saturated carbocycles. The van der Waals surface area contributed by atoms with E-state index in [0.717, 1.165) is 50.8 Å². The quantitative estimate of drug-likeness (QED) is 0.853. The van der Waals surface area contributed by atoms with E-state index in [1.165, 1.54) is 12.8 Å². The molecule has 0 aliphatic carbocycles. The van der Waals surface area contributed by atoms with Crippen molar-refractivity contribution in [3.05, 3.63) is 17.8 Å². The highest BCUT2D eigenvalue weighted by molar-refractivity contribution is 5.06. The molecule has 0 aromatic carbocycles. The first kappa shape index (κ1) is 11.2. The number of aromatic nitrogens is 1. The summed E-state index contributed by atoms with van der Waals surface area (Å²) in [5.74, 6) is 2.98. The van der Waals surface area contributed by atoms with Crippen molar-refractivity contribution >= 4 is 0 Å². The van der Waals surface area contributed by atoms with Crippen LogP contribution in [-0.2, 0) is 4.74 Å². The summed E-state index contributed by atoms with van der Waals surface area (Å²) < 4.78 is 11.3. The Kier molecular flexibility index (Phi) is 3.43. The molecule has 4 heteroatoms. The van der Waals surface area contributed by atoms with Gasteiger partial charge in [0.1, 0.15) is 5.76 Å². The number of ether oxygens (including phenoxy) is 1. The lowest BCUT2D eigenvalue weighted by atomic mass is 9.98. The van der Waals surface area contributed by atoms with Crippen molar-refractivity contribution in [1.82, 2.24) is 10.3 Å². The van der Waals surface area contributed by atoms with Crippen LogP contribution in [0.15, 0.2) is 10.6 Å². The van der Waals surface area contributed by atoms with Crippen molar-refractivity contribution in [2.45, 2.75) is 37.5 Å². The lowest BCUT2D eigenvalue weighted by molar-refractivity contribution is 0.0802. The zero-order valence-electron chi connectivity index (χ0n) is 10.2. The molecule has 17 heavy (non-hydrogen) atoms. The lowest BCUT2D eigenvalue weighted by Crippen LogP contribution is -2.28. The first-order chi connectivity index (χ1) is 8.43. The highest BCUT2D eigenvalue weighted by Gasteiger charge is 2.24. The van der Waals surface area contributed by atoms with Gasteiger partial charge < -0.3 is 14.5 Å². The van der Waals surface area contributed by atoms with Crippen molar-refractivity contribution in [1.29, 1.82) is 0 Å². The molecule has 1 aromatic heterocycles. The molecule has 3 heterocycles. The van der Waals surface area contributed by atoms with Gasteiger partial charge in [0.2, 0.25) is 0 Å². The molecular weight excluding hydrogens is 216 g/mol.